The first kappa shape index (κ1) is 25.3. The number of nitrogens with zero attached hydrogens (tertiary/aromatic N) is 6. The lowest BCUT2D eigenvalue weighted by Gasteiger charge is -2.23. The molecule has 0 unspecified atom stereocenters. The number of rotatable bonds is 10. The normalized spacial score (nSPS) is 18.8. The second-order valence-corrected chi connectivity index (χ2v) is 11.9. The van der Waals surface area contributed by atoms with E-state index in [0.29, 0.717) is 17.1 Å². The molecule has 0 amide bonds. The fourth-order valence-corrected chi connectivity index (χ4v) is 6.97. The predicted molar refractivity (Wildman–Crippen MR) is 140 cm³/mol. The van der Waals surface area contributed by atoms with Crippen LogP contribution in [-0.4, -0.2) is 61.7 Å². The first-order valence-electron chi connectivity index (χ1n) is 12.7. The fourth-order valence-electron chi connectivity index (χ4n) is 5.14. The van der Waals surface area contributed by atoms with Gasteiger partial charge in [-0.05, 0) is 49.1 Å². The molecule has 2 aliphatic rings. The van der Waals surface area contributed by atoms with Crippen LogP contribution in [0, 0.1) is 0 Å². The molecule has 2 fully saturated rings. The van der Waals surface area contributed by atoms with Gasteiger partial charge in [-0.2, -0.15) is 9.40 Å². The van der Waals surface area contributed by atoms with E-state index in [9.17, 15) is 18.3 Å². The molecule has 0 radical (unpaired) electrons. The number of carboxylic acids is 1. The van der Waals surface area contributed by atoms with Gasteiger partial charge in [-0.25, -0.2) is 17.9 Å². The van der Waals surface area contributed by atoms with E-state index in [-0.39, 0.29) is 34.9 Å². The molecule has 11 nitrogen and oxygen atoms in total. The molecule has 2 aromatic heterocycles. The number of hydrogen-bond acceptors (Lipinski definition) is 7. The van der Waals surface area contributed by atoms with Crippen LogP contribution < -0.4 is 4.74 Å². The van der Waals surface area contributed by atoms with Gasteiger partial charge in [0.25, 0.3) is 0 Å². The lowest BCUT2D eigenvalue weighted by atomic mass is 10.1. The van der Waals surface area contributed by atoms with Crippen LogP contribution in [0.25, 0.3) is 5.69 Å². The number of hydrogen-bond donors (Lipinski definition) is 1. The molecule has 1 N–H and O–H groups in total. The van der Waals surface area contributed by atoms with Gasteiger partial charge in [0, 0.05) is 37.7 Å². The Balaban J connectivity index is 1.33. The van der Waals surface area contributed by atoms with Crippen molar-refractivity contribution < 1.29 is 23.1 Å². The van der Waals surface area contributed by atoms with Crippen molar-refractivity contribution >= 4 is 16.0 Å². The Morgan fingerprint density at radius 3 is 2.64 bits per heavy atom. The van der Waals surface area contributed by atoms with Crippen molar-refractivity contribution in [2.24, 2.45) is 7.05 Å². The number of ether oxygens (including phenoxy) is 1. The quantitative estimate of drug-likeness (QED) is 0.319. The highest BCUT2D eigenvalue weighted by Crippen LogP contribution is 2.55. The minimum absolute atomic E-state index is 0.0618. The third kappa shape index (κ3) is 4.70. The summed E-state index contributed by atoms with van der Waals surface area (Å²) in [5.41, 5.74) is 3.02. The summed E-state index contributed by atoms with van der Waals surface area (Å²) in [6.45, 7) is 0.174. The Kier molecular flexibility index (Phi) is 6.23. The van der Waals surface area contributed by atoms with Crippen LogP contribution in [0.3, 0.4) is 0 Å². The van der Waals surface area contributed by atoms with Crippen molar-refractivity contribution in [1.29, 1.82) is 0 Å². The third-order valence-corrected chi connectivity index (χ3v) is 9.22. The largest absolute Gasteiger partial charge is 0.495 e. The monoisotopic (exact) mass is 548 g/mol. The van der Waals surface area contributed by atoms with Gasteiger partial charge in [-0.1, -0.05) is 29.5 Å². The predicted octanol–water partition coefficient (Wildman–Crippen LogP) is 3.33. The van der Waals surface area contributed by atoms with E-state index in [1.165, 1.54) is 17.6 Å². The van der Waals surface area contributed by atoms with Crippen molar-refractivity contribution in [1.82, 2.24) is 29.1 Å². The summed E-state index contributed by atoms with van der Waals surface area (Å²) < 4.78 is 37.6. The molecule has 2 atom stereocenters. The van der Waals surface area contributed by atoms with E-state index in [1.54, 1.807) is 40.7 Å². The third-order valence-electron chi connectivity index (χ3n) is 7.28. The molecule has 2 aromatic carbocycles. The first-order chi connectivity index (χ1) is 18.8. The van der Waals surface area contributed by atoms with Gasteiger partial charge < -0.3 is 9.84 Å². The maximum atomic E-state index is 13.7. The summed E-state index contributed by atoms with van der Waals surface area (Å²) in [4.78, 5) is 12.2. The van der Waals surface area contributed by atoms with E-state index in [0.717, 1.165) is 30.5 Å². The molecule has 4 aromatic rings. The Morgan fingerprint density at radius 1 is 1.15 bits per heavy atom. The molecule has 2 heterocycles. The van der Waals surface area contributed by atoms with Crippen LogP contribution in [-0.2, 0) is 23.6 Å². The number of methoxy groups -OCH3 is 1. The number of sulfonamides is 1. The SMILES string of the molecule is COc1ccccc1S(=O)(=O)N(Cc1cccc(-n2ncc(C(=O)O)c2[C@@H]2C[C@H]2c2cn(C)nn2)c1)C1CC1. The highest BCUT2D eigenvalue weighted by molar-refractivity contribution is 7.89. The van der Waals surface area contributed by atoms with Gasteiger partial charge in [0.2, 0.25) is 10.0 Å². The van der Waals surface area contributed by atoms with Crippen LogP contribution in [0.1, 0.15) is 58.4 Å². The topological polar surface area (TPSA) is 132 Å². The minimum Gasteiger partial charge on any atom is -0.495 e. The number of carbonyl (C=O) groups is 1. The molecule has 0 saturated heterocycles. The molecule has 6 rings (SSSR count). The van der Waals surface area contributed by atoms with Gasteiger partial charge in [-0.3, -0.25) is 4.68 Å². The van der Waals surface area contributed by atoms with E-state index in [1.807, 2.05) is 30.5 Å². The molecule has 202 valence electrons. The Hall–Kier alpha value is -4.03. The van der Waals surface area contributed by atoms with E-state index in [2.05, 4.69) is 15.4 Å². The van der Waals surface area contributed by atoms with Crippen molar-refractivity contribution in [2.75, 3.05) is 7.11 Å². The zero-order chi connectivity index (χ0) is 27.3. The van der Waals surface area contributed by atoms with Crippen LogP contribution in [0.4, 0.5) is 0 Å². The number of para-hydroxylation sites is 1. The average molecular weight is 549 g/mol. The maximum Gasteiger partial charge on any atom is 0.339 e. The van der Waals surface area contributed by atoms with Gasteiger partial charge in [0.15, 0.2) is 0 Å². The number of aromatic nitrogens is 5. The van der Waals surface area contributed by atoms with E-state index < -0.39 is 16.0 Å². The van der Waals surface area contributed by atoms with Crippen LogP contribution in [0.5, 0.6) is 5.75 Å². The zero-order valence-electron chi connectivity index (χ0n) is 21.5. The van der Waals surface area contributed by atoms with Crippen molar-refractivity contribution in [3.8, 4) is 11.4 Å². The smallest absolute Gasteiger partial charge is 0.339 e. The number of aromatic carboxylic acids is 1. The molecule has 2 saturated carbocycles. The molecule has 0 spiro atoms. The summed E-state index contributed by atoms with van der Waals surface area (Å²) in [5, 5.41) is 22.5. The lowest BCUT2D eigenvalue weighted by molar-refractivity contribution is 0.0695. The second-order valence-electron chi connectivity index (χ2n) is 10.0. The van der Waals surface area contributed by atoms with Crippen molar-refractivity contribution in [3.05, 3.63) is 83.4 Å². The maximum absolute atomic E-state index is 13.7. The summed E-state index contributed by atoms with van der Waals surface area (Å²) >= 11 is 0. The van der Waals surface area contributed by atoms with Crippen molar-refractivity contribution in [2.45, 2.75) is 48.6 Å². The average Bonchev–Trinajstić information content (AvgIpc) is 3.84. The molecule has 2 aliphatic carbocycles. The lowest BCUT2D eigenvalue weighted by Crippen LogP contribution is -2.33. The zero-order valence-corrected chi connectivity index (χ0v) is 22.3. The van der Waals surface area contributed by atoms with Crippen molar-refractivity contribution in [3.63, 3.8) is 0 Å². The van der Waals surface area contributed by atoms with Crippen LogP contribution in [0.2, 0.25) is 0 Å². The standard InChI is InChI=1S/C27H28N6O5S/c1-31-16-23(29-30-31)20-13-21(20)26-22(27(34)35)14-28-33(26)19-7-5-6-17(12-19)15-32(18-10-11-18)39(36,37)25-9-4-3-8-24(25)38-2/h3-9,12,14,16,18,20-21H,10-11,13,15H2,1-2H3,(H,34,35)/t20-,21-/m1/s1. The minimum atomic E-state index is -3.82. The number of carboxylic acid groups (broad SMARTS) is 1. The number of aryl methyl sites for hydroxylation is 1. The molecule has 0 bridgehead atoms. The Bertz CT molecular complexity index is 1660. The molecular formula is C27H28N6O5S. The second kappa shape index (κ2) is 9.62. The van der Waals surface area contributed by atoms with Gasteiger partial charge in [0.1, 0.15) is 16.2 Å². The first-order valence-corrected chi connectivity index (χ1v) is 14.1. The molecule has 12 heteroatoms. The summed E-state index contributed by atoms with van der Waals surface area (Å²) in [5.74, 6) is -0.735. The van der Waals surface area contributed by atoms with Gasteiger partial charge in [0.05, 0.1) is 30.4 Å². The highest BCUT2D eigenvalue weighted by Gasteiger charge is 2.46. The van der Waals surface area contributed by atoms with Crippen LogP contribution in [0.15, 0.2) is 65.8 Å². The van der Waals surface area contributed by atoms with Crippen LogP contribution >= 0.6 is 0 Å². The fraction of sp³-hybridized carbons (Fsp3) is 0.333. The Morgan fingerprint density at radius 2 is 1.95 bits per heavy atom. The molecule has 39 heavy (non-hydrogen) atoms. The number of benzene rings is 2. The summed E-state index contributed by atoms with van der Waals surface area (Å²) in [7, 11) is -0.561. The summed E-state index contributed by atoms with van der Waals surface area (Å²) in [6.07, 6.45) is 5.56. The highest BCUT2D eigenvalue weighted by atomic mass is 32.2. The van der Waals surface area contributed by atoms with Gasteiger partial charge in [-0.15, -0.1) is 5.10 Å². The van der Waals surface area contributed by atoms with E-state index in [4.69, 9.17) is 4.74 Å². The molecular weight excluding hydrogens is 520 g/mol. The Labute approximate surface area is 225 Å². The van der Waals surface area contributed by atoms with E-state index >= 15 is 0 Å². The molecule has 0 aliphatic heterocycles. The summed E-state index contributed by atoms with van der Waals surface area (Å²) in [6, 6.07) is 14.0. The van der Waals surface area contributed by atoms with Gasteiger partial charge >= 0.3 is 5.97 Å².